The number of hydrogen-bond donors (Lipinski definition) is 1. The van der Waals surface area contributed by atoms with Gasteiger partial charge in [0.2, 0.25) is 0 Å². The minimum Gasteiger partial charge on any atom is -0.338 e. The first-order chi connectivity index (χ1) is 11.9. The SMILES string of the molecule is C=C(CCCN1C[C@H](C)N(C(=O)NCC)C[C@H]1C)c1ccc(F)cc1. The molecule has 1 saturated heterocycles. The molecule has 1 aliphatic rings. The van der Waals surface area contributed by atoms with Crippen LogP contribution in [0.4, 0.5) is 9.18 Å². The zero-order chi connectivity index (χ0) is 18.4. The van der Waals surface area contributed by atoms with Crippen molar-refractivity contribution >= 4 is 11.6 Å². The molecule has 1 heterocycles. The van der Waals surface area contributed by atoms with Crippen LogP contribution in [-0.2, 0) is 0 Å². The number of allylic oxidation sites excluding steroid dienone is 1. The molecule has 1 aromatic rings. The van der Waals surface area contributed by atoms with Gasteiger partial charge in [-0.05, 0) is 63.4 Å². The zero-order valence-corrected chi connectivity index (χ0v) is 15.6. The van der Waals surface area contributed by atoms with Crippen LogP contribution in [0.3, 0.4) is 0 Å². The van der Waals surface area contributed by atoms with Gasteiger partial charge in [-0.1, -0.05) is 18.7 Å². The van der Waals surface area contributed by atoms with Crippen molar-refractivity contribution in [2.45, 2.75) is 45.7 Å². The van der Waals surface area contributed by atoms with Gasteiger partial charge in [0.1, 0.15) is 5.82 Å². The first kappa shape index (κ1) is 19.4. The van der Waals surface area contributed by atoms with E-state index < -0.39 is 0 Å². The Bertz CT molecular complexity index is 587. The molecule has 25 heavy (non-hydrogen) atoms. The van der Waals surface area contributed by atoms with E-state index in [-0.39, 0.29) is 17.9 Å². The van der Waals surface area contributed by atoms with Crippen molar-refractivity contribution < 1.29 is 9.18 Å². The van der Waals surface area contributed by atoms with Crippen LogP contribution >= 0.6 is 0 Å². The molecule has 1 aliphatic heterocycles. The van der Waals surface area contributed by atoms with Gasteiger partial charge >= 0.3 is 6.03 Å². The van der Waals surface area contributed by atoms with E-state index in [1.807, 2.05) is 11.8 Å². The normalized spacial score (nSPS) is 21.2. The molecule has 138 valence electrons. The number of benzene rings is 1. The van der Waals surface area contributed by atoms with Crippen molar-refractivity contribution in [1.29, 1.82) is 0 Å². The summed E-state index contributed by atoms with van der Waals surface area (Å²) in [6.07, 6.45) is 1.90. The molecule has 0 spiro atoms. The molecule has 2 amide bonds. The Morgan fingerprint density at radius 3 is 2.56 bits per heavy atom. The van der Waals surface area contributed by atoms with E-state index in [0.717, 1.165) is 43.6 Å². The second-order valence-electron chi connectivity index (χ2n) is 6.89. The van der Waals surface area contributed by atoms with Crippen molar-refractivity contribution in [3.05, 3.63) is 42.2 Å². The highest BCUT2D eigenvalue weighted by Gasteiger charge is 2.31. The van der Waals surface area contributed by atoms with Gasteiger partial charge in [0, 0.05) is 31.7 Å². The Balaban J connectivity index is 1.80. The predicted octanol–water partition coefficient (Wildman–Crippen LogP) is 3.74. The summed E-state index contributed by atoms with van der Waals surface area (Å²) < 4.78 is 13.0. The fraction of sp³-hybridized carbons (Fsp3) is 0.550. The minimum atomic E-state index is -0.218. The highest BCUT2D eigenvalue weighted by atomic mass is 19.1. The van der Waals surface area contributed by atoms with Crippen molar-refractivity contribution in [3.63, 3.8) is 0 Å². The fourth-order valence-corrected chi connectivity index (χ4v) is 3.37. The number of carbonyl (C=O) groups is 1. The van der Waals surface area contributed by atoms with Gasteiger partial charge in [-0.25, -0.2) is 9.18 Å². The lowest BCUT2D eigenvalue weighted by atomic mass is 10.0. The Morgan fingerprint density at radius 2 is 1.92 bits per heavy atom. The van der Waals surface area contributed by atoms with E-state index in [0.29, 0.717) is 12.6 Å². The van der Waals surface area contributed by atoms with E-state index in [2.05, 4.69) is 30.6 Å². The molecule has 0 unspecified atom stereocenters. The van der Waals surface area contributed by atoms with E-state index in [1.165, 1.54) is 12.1 Å². The fourth-order valence-electron chi connectivity index (χ4n) is 3.37. The molecule has 1 aromatic carbocycles. The molecule has 0 saturated carbocycles. The number of hydrogen-bond acceptors (Lipinski definition) is 2. The zero-order valence-electron chi connectivity index (χ0n) is 15.6. The average molecular weight is 347 g/mol. The Hall–Kier alpha value is -1.88. The van der Waals surface area contributed by atoms with Crippen LogP contribution in [0.5, 0.6) is 0 Å². The second-order valence-corrected chi connectivity index (χ2v) is 6.89. The number of nitrogens with one attached hydrogen (secondary N) is 1. The van der Waals surface area contributed by atoms with Crippen LogP contribution in [0.25, 0.3) is 5.57 Å². The van der Waals surface area contributed by atoms with E-state index in [4.69, 9.17) is 0 Å². The number of piperazine rings is 1. The summed E-state index contributed by atoms with van der Waals surface area (Å²) in [5.41, 5.74) is 2.05. The van der Waals surface area contributed by atoms with Crippen molar-refractivity contribution in [2.75, 3.05) is 26.2 Å². The maximum absolute atomic E-state index is 13.0. The Labute approximate surface area is 150 Å². The molecule has 4 nitrogen and oxygen atoms in total. The lowest BCUT2D eigenvalue weighted by molar-refractivity contribution is 0.0630. The summed E-state index contributed by atoms with van der Waals surface area (Å²) in [5.74, 6) is -0.218. The summed E-state index contributed by atoms with van der Waals surface area (Å²) in [7, 11) is 0. The van der Waals surface area contributed by atoms with Crippen LogP contribution in [-0.4, -0.2) is 54.1 Å². The minimum absolute atomic E-state index is 0.0335. The van der Waals surface area contributed by atoms with Gasteiger partial charge in [-0.15, -0.1) is 0 Å². The highest BCUT2D eigenvalue weighted by Crippen LogP contribution is 2.20. The third-order valence-corrected chi connectivity index (χ3v) is 4.88. The standard InChI is InChI=1S/C20H30FN3O/c1-5-22-20(25)24-14-16(3)23(13-17(24)4)12-6-7-15(2)18-8-10-19(21)11-9-18/h8-11,16-17H,2,5-7,12-14H2,1,3-4H3,(H,22,25)/t16-,17+/m1/s1. The van der Waals surface area contributed by atoms with Crippen LogP contribution in [0, 0.1) is 5.82 Å². The first-order valence-electron chi connectivity index (χ1n) is 9.14. The summed E-state index contributed by atoms with van der Waals surface area (Å²) in [6, 6.07) is 7.11. The Kier molecular flexibility index (Phi) is 7.00. The van der Waals surface area contributed by atoms with E-state index in [9.17, 15) is 9.18 Å². The van der Waals surface area contributed by atoms with Gasteiger partial charge in [0.15, 0.2) is 0 Å². The second kappa shape index (κ2) is 8.99. The summed E-state index contributed by atoms with van der Waals surface area (Å²) in [5, 5.41) is 2.89. The molecule has 2 atom stereocenters. The highest BCUT2D eigenvalue weighted by molar-refractivity contribution is 5.74. The number of carbonyl (C=O) groups excluding carboxylic acids is 1. The third kappa shape index (κ3) is 5.30. The molecular weight excluding hydrogens is 317 g/mol. The van der Waals surface area contributed by atoms with Gasteiger partial charge < -0.3 is 10.2 Å². The molecule has 0 aromatic heterocycles. The quantitative estimate of drug-likeness (QED) is 0.851. The van der Waals surface area contributed by atoms with Crippen LogP contribution < -0.4 is 5.32 Å². The summed E-state index contributed by atoms with van der Waals surface area (Å²) in [6.45, 7) is 13.6. The molecule has 2 rings (SSSR count). The van der Waals surface area contributed by atoms with E-state index >= 15 is 0 Å². The van der Waals surface area contributed by atoms with Crippen LogP contribution in [0.2, 0.25) is 0 Å². The van der Waals surface area contributed by atoms with Gasteiger partial charge in [0.25, 0.3) is 0 Å². The number of urea groups is 1. The molecule has 1 fully saturated rings. The molecule has 5 heteroatoms. The molecule has 1 N–H and O–H groups in total. The molecule has 0 bridgehead atoms. The number of amides is 2. The lowest BCUT2D eigenvalue weighted by Crippen LogP contribution is -2.60. The maximum Gasteiger partial charge on any atom is 0.317 e. The first-order valence-corrected chi connectivity index (χ1v) is 9.14. The topological polar surface area (TPSA) is 35.6 Å². The molecular formula is C20H30FN3O. The summed E-state index contributed by atoms with van der Waals surface area (Å²) in [4.78, 5) is 16.5. The predicted molar refractivity (Wildman–Crippen MR) is 101 cm³/mol. The third-order valence-electron chi connectivity index (χ3n) is 4.88. The van der Waals surface area contributed by atoms with Crippen LogP contribution in [0.15, 0.2) is 30.8 Å². The van der Waals surface area contributed by atoms with Gasteiger partial charge in [-0.2, -0.15) is 0 Å². The Morgan fingerprint density at radius 1 is 1.24 bits per heavy atom. The van der Waals surface area contributed by atoms with Crippen molar-refractivity contribution in [1.82, 2.24) is 15.1 Å². The maximum atomic E-state index is 13.0. The van der Waals surface area contributed by atoms with Gasteiger partial charge in [0.05, 0.1) is 0 Å². The monoisotopic (exact) mass is 347 g/mol. The molecule has 0 aliphatic carbocycles. The smallest absolute Gasteiger partial charge is 0.317 e. The number of halogens is 1. The van der Waals surface area contributed by atoms with E-state index in [1.54, 1.807) is 12.1 Å². The van der Waals surface area contributed by atoms with Crippen molar-refractivity contribution in [3.8, 4) is 0 Å². The van der Waals surface area contributed by atoms with Crippen molar-refractivity contribution in [2.24, 2.45) is 0 Å². The van der Waals surface area contributed by atoms with Crippen LogP contribution in [0.1, 0.15) is 39.2 Å². The molecule has 0 radical (unpaired) electrons. The average Bonchev–Trinajstić information content (AvgIpc) is 2.58. The summed E-state index contributed by atoms with van der Waals surface area (Å²) >= 11 is 0. The van der Waals surface area contributed by atoms with Gasteiger partial charge in [-0.3, -0.25) is 4.90 Å². The lowest BCUT2D eigenvalue weighted by Gasteiger charge is -2.44. The largest absolute Gasteiger partial charge is 0.338 e. The number of nitrogens with zero attached hydrogens (tertiary/aromatic N) is 2. The number of rotatable bonds is 6.